The van der Waals surface area contributed by atoms with Crippen LogP contribution in [0.3, 0.4) is 0 Å². The van der Waals surface area contributed by atoms with E-state index in [-0.39, 0.29) is 0 Å². The molecule has 2 rings (SSSR count). The third-order valence-electron chi connectivity index (χ3n) is 2.69. The summed E-state index contributed by atoms with van der Waals surface area (Å²) in [4.78, 5) is 5.66. The summed E-state index contributed by atoms with van der Waals surface area (Å²) in [6.45, 7) is 3.88. The summed E-state index contributed by atoms with van der Waals surface area (Å²) >= 11 is 0. The molecule has 0 atom stereocenters. The highest BCUT2D eigenvalue weighted by Gasteiger charge is 2.18. The van der Waals surface area contributed by atoms with Gasteiger partial charge in [-0.05, 0) is 32.1 Å². The van der Waals surface area contributed by atoms with Gasteiger partial charge in [0.05, 0.1) is 6.61 Å². The summed E-state index contributed by atoms with van der Waals surface area (Å²) in [5.74, 6) is 0. The van der Waals surface area contributed by atoms with Gasteiger partial charge in [-0.1, -0.05) is 6.42 Å². The van der Waals surface area contributed by atoms with Crippen molar-refractivity contribution in [1.29, 1.82) is 0 Å². The van der Waals surface area contributed by atoms with E-state index in [0.29, 0.717) is 0 Å². The molecule has 0 aromatic rings. The van der Waals surface area contributed by atoms with Crippen LogP contribution in [0.5, 0.6) is 0 Å². The van der Waals surface area contributed by atoms with E-state index >= 15 is 0 Å². The molecule has 0 aromatic carbocycles. The average molecular weight is 198 g/mol. The second-order valence-electron chi connectivity index (χ2n) is 3.89. The molecule has 1 N–H and O–H groups in total. The van der Waals surface area contributed by atoms with Crippen molar-refractivity contribution in [3.05, 3.63) is 6.42 Å². The molecule has 4 nitrogen and oxygen atoms in total. The molecule has 2 heterocycles. The van der Waals surface area contributed by atoms with E-state index in [1.54, 1.807) is 0 Å². The van der Waals surface area contributed by atoms with E-state index in [1.165, 1.54) is 25.7 Å². The SMILES string of the molecule is [CH]1CCCON(N2CCCCCN2)C1. The van der Waals surface area contributed by atoms with Crippen molar-refractivity contribution in [2.75, 3.05) is 26.2 Å². The minimum atomic E-state index is 0.842. The molecule has 14 heavy (non-hydrogen) atoms. The smallest absolute Gasteiger partial charge is 0.0702 e. The van der Waals surface area contributed by atoms with Gasteiger partial charge in [0, 0.05) is 19.6 Å². The Bertz CT molecular complexity index is 131. The highest BCUT2D eigenvalue weighted by Crippen LogP contribution is 2.11. The maximum atomic E-state index is 5.66. The van der Waals surface area contributed by atoms with Crippen LogP contribution in [0.2, 0.25) is 0 Å². The van der Waals surface area contributed by atoms with Crippen LogP contribution in [-0.2, 0) is 4.84 Å². The van der Waals surface area contributed by atoms with Crippen LogP contribution in [0, 0.1) is 6.42 Å². The van der Waals surface area contributed by atoms with Gasteiger partial charge in [-0.15, -0.1) is 5.17 Å². The number of hydrazine groups is 2. The van der Waals surface area contributed by atoms with Crippen LogP contribution in [0.15, 0.2) is 0 Å². The Labute approximate surface area is 86.1 Å². The van der Waals surface area contributed by atoms with Gasteiger partial charge >= 0.3 is 0 Å². The lowest BCUT2D eigenvalue weighted by molar-refractivity contribution is -0.294. The van der Waals surface area contributed by atoms with E-state index < -0.39 is 0 Å². The fourth-order valence-electron chi connectivity index (χ4n) is 1.86. The monoisotopic (exact) mass is 198 g/mol. The standard InChI is InChI=1S/C10H20N3O/c1-3-7-11-12(8-4-1)13-9-5-2-6-10-14-13/h5,11H,1-4,6-10H2. The highest BCUT2D eigenvalue weighted by molar-refractivity contribution is 4.69. The lowest BCUT2D eigenvalue weighted by Gasteiger charge is -2.31. The molecule has 4 heteroatoms. The molecule has 0 saturated carbocycles. The quantitative estimate of drug-likeness (QED) is 0.683. The molecule has 0 aliphatic carbocycles. The first kappa shape index (κ1) is 10.4. The second kappa shape index (κ2) is 5.66. The van der Waals surface area contributed by atoms with Crippen LogP contribution in [0.25, 0.3) is 0 Å². The summed E-state index contributed by atoms with van der Waals surface area (Å²) < 4.78 is 0. The van der Waals surface area contributed by atoms with Crippen LogP contribution >= 0.6 is 0 Å². The Morgan fingerprint density at radius 2 is 2.14 bits per heavy atom. The van der Waals surface area contributed by atoms with Crippen molar-refractivity contribution in [2.24, 2.45) is 0 Å². The summed E-state index contributed by atoms with van der Waals surface area (Å²) in [6, 6.07) is 0. The summed E-state index contributed by atoms with van der Waals surface area (Å²) in [7, 11) is 0. The maximum absolute atomic E-state index is 5.66. The minimum Gasteiger partial charge on any atom is -0.283 e. The van der Waals surface area contributed by atoms with Gasteiger partial charge in [-0.3, -0.25) is 4.84 Å². The van der Waals surface area contributed by atoms with Crippen LogP contribution in [0.1, 0.15) is 32.1 Å². The fraction of sp³-hybridized carbons (Fsp3) is 0.900. The van der Waals surface area contributed by atoms with Crippen molar-refractivity contribution in [3.63, 3.8) is 0 Å². The normalized spacial score (nSPS) is 28.3. The van der Waals surface area contributed by atoms with Gasteiger partial charge in [0.15, 0.2) is 0 Å². The van der Waals surface area contributed by atoms with Gasteiger partial charge in [-0.2, -0.15) is 5.12 Å². The van der Waals surface area contributed by atoms with Crippen LogP contribution in [-0.4, -0.2) is 36.5 Å². The molecule has 1 radical (unpaired) electrons. The molecular formula is C10H20N3O. The Hall–Kier alpha value is -0.160. The van der Waals surface area contributed by atoms with Crippen LogP contribution < -0.4 is 5.43 Å². The Kier molecular flexibility index (Phi) is 4.19. The second-order valence-corrected chi connectivity index (χ2v) is 3.89. The first-order valence-corrected chi connectivity index (χ1v) is 5.70. The number of hydrogen-bond acceptors (Lipinski definition) is 4. The maximum Gasteiger partial charge on any atom is 0.0702 e. The van der Waals surface area contributed by atoms with E-state index in [0.717, 1.165) is 32.7 Å². The largest absolute Gasteiger partial charge is 0.283 e. The average Bonchev–Trinajstić information content (AvgIpc) is 2.62. The summed E-state index contributed by atoms with van der Waals surface area (Å²) in [5.41, 5.74) is 3.39. The van der Waals surface area contributed by atoms with Gasteiger partial charge in [0.1, 0.15) is 0 Å². The number of hydrogen-bond donors (Lipinski definition) is 1. The lowest BCUT2D eigenvalue weighted by Crippen LogP contribution is -2.50. The molecule has 2 saturated heterocycles. The molecule has 2 aliphatic rings. The fourth-order valence-corrected chi connectivity index (χ4v) is 1.86. The van der Waals surface area contributed by atoms with Crippen molar-refractivity contribution in [2.45, 2.75) is 32.1 Å². The van der Waals surface area contributed by atoms with Crippen molar-refractivity contribution in [1.82, 2.24) is 15.7 Å². The lowest BCUT2D eigenvalue weighted by atomic mass is 10.2. The van der Waals surface area contributed by atoms with Crippen LogP contribution in [0.4, 0.5) is 0 Å². The Balaban J connectivity index is 1.83. The molecule has 2 fully saturated rings. The number of nitrogens with zero attached hydrogens (tertiary/aromatic N) is 2. The molecule has 81 valence electrons. The zero-order valence-corrected chi connectivity index (χ0v) is 8.74. The number of hydroxylamine groups is 1. The molecule has 2 aliphatic heterocycles. The van der Waals surface area contributed by atoms with Gasteiger partial charge in [0.25, 0.3) is 0 Å². The van der Waals surface area contributed by atoms with E-state index in [2.05, 4.69) is 17.0 Å². The molecule has 0 unspecified atom stereocenters. The third kappa shape index (κ3) is 2.92. The summed E-state index contributed by atoms with van der Waals surface area (Å²) in [6.07, 6.45) is 8.45. The third-order valence-corrected chi connectivity index (χ3v) is 2.69. The number of rotatable bonds is 1. The minimum absolute atomic E-state index is 0.842. The predicted molar refractivity (Wildman–Crippen MR) is 54.8 cm³/mol. The van der Waals surface area contributed by atoms with Crippen molar-refractivity contribution < 1.29 is 4.84 Å². The van der Waals surface area contributed by atoms with Gasteiger partial charge in [0.2, 0.25) is 0 Å². The highest BCUT2D eigenvalue weighted by atomic mass is 16.7. The number of nitrogens with one attached hydrogen (secondary N) is 1. The zero-order chi connectivity index (χ0) is 9.64. The molecule has 0 amide bonds. The first-order valence-electron chi connectivity index (χ1n) is 5.70. The van der Waals surface area contributed by atoms with E-state index in [1.807, 2.05) is 5.17 Å². The van der Waals surface area contributed by atoms with Gasteiger partial charge in [-0.25, -0.2) is 5.43 Å². The predicted octanol–water partition coefficient (Wildman–Crippen LogP) is 1.12. The molecular weight excluding hydrogens is 178 g/mol. The first-order chi connectivity index (χ1) is 6.97. The summed E-state index contributed by atoms with van der Waals surface area (Å²) in [5, 5.41) is 4.10. The van der Waals surface area contributed by atoms with E-state index in [4.69, 9.17) is 4.84 Å². The van der Waals surface area contributed by atoms with Crippen molar-refractivity contribution >= 4 is 0 Å². The molecule has 0 aromatic heterocycles. The molecule has 0 spiro atoms. The Morgan fingerprint density at radius 3 is 3.14 bits per heavy atom. The molecule has 0 bridgehead atoms. The van der Waals surface area contributed by atoms with Crippen molar-refractivity contribution in [3.8, 4) is 0 Å². The topological polar surface area (TPSA) is 27.7 Å². The van der Waals surface area contributed by atoms with E-state index in [9.17, 15) is 0 Å². The van der Waals surface area contributed by atoms with Gasteiger partial charge < -0.3 is 0 Å². The zero-order valence-electron chi connectivity index (χ0n) is 8.74. The Morgan fingerprint density at radius 1 is 1.14 bits per heavy atom.